The maximum Gasteiger partial charge on any atom is 0.340 e. The fourth-order valence-electron chi connectivity index (χ4n) is 2.67. The summed E-state index contributed by atoms with van der Waals surface area (Å²) in [7, 11) is 1.37. The molecule has 2 rings (SSSR count). The normalized spacial score (nSPS) is 17.1. The van der Waals surface area contributed by atoms with Gasteiger partial charge in [0.25, 0.3) is 0 Å². The number of carbonyl (C=O) groups excluding carboxylic acids is 1. The number of nitrogen functional groups attached to an aromatic ring is 1. The van der Waals surface area contributed by atoms with Crippen molar-refractivity contribution in [1.82, 2.24) is 4.90 Å². The largest absolute Gasteiger partial charge is 0.465 e. The summed E-state index contributed by atoms with van der Waals surface area (Å²) in [5.41, 5.74) is 7.73. The molecule has 1 aliphatic rings. The van der Waals surface area contributed by atoms with Crippen LogP contribution in [0, 0.1) is 5.92 Å². The zero-order valence-electron chi connectivity index (χ0n) is 11.8. The maximum absolute atomic E-state index is 11.8. The molecule has 0 atom stereocenters. The van der Waals surface area contributed by atoms with Crippen LogP contribution in [0.25, 0.3) is 0 Å². The number of nitrogens with two attached hydrogens (primary N) is 1. The van der Waals surface area contributed by atoms with E-state index in [1.807, 2.05) is 12.1 Å². The molecule has 1 saturated heterocycles. The van der Waals surface area contributed by atoms with Gasteiger partial charge in [0, 0.05) is 18.8 Å². The van der Waals surface area contributed by atoms with Crippen molar-refractivity contribution in [2.24, 2.45) is 5.92 Å². The van der Waals surface area contributed by atoms with Gasteiger partial charge in [-0.3, -0.25) is 4.90 Å². The van der Waals surface area contributed by atoms with Crippen LogP contribution in [-0.2, 0) is 11.3 Å². The topological polar surface area (TPSA) is 75.8 Å². The molecule has 0 spiro atoms. The van der Waals surface area contributed by atoms with Crippen LogP contribution in [-0.4, -0.2) is 42.8 Å². The van der Waals surface area contributed by atoms with Crippen molar-refractivity contribution < 1.29 is 14.6 Å². The van der Waals surface area contributed by atoms with E-state index in [1.54, 1.807) is 6.07 Å². The monoisotopic (exact) mass is 278 g/mol. The summed E-state index contributed by atoms with van der Waals surface area (Å²) in [5, 5.41) is 9.16. The van der Waals surface area contributed by atoms with Gasteiger partial charge in [0.1, 0.15) is 0 Å². The van der Waals surface area contributed by atoms with Crippen LogP contribution in [0.1, 0.15) is 28.8 Å². The lowest BCUT2D eigenvalue weighted by atomic mass is 9.97. The lowest BCUT2D eigenvalue weighted by Gasteiger charge is -2.31. The number of rotatable bonds is 4. The minimum absolute atomic E-state index is 0.263. The fraction of sp³-hybridized carbons (Fsp3) is 0.533. The predicted molar refractivity (Wildman–Crippen MR) is 77.3 cm³/mol. The summed E-state index contributed by atoms with van der Waals surface area (Å²) in [6, 6.07) is 5.49. The van der Waals surface area contributed by atoms with Crippen LogP contribution in [0.3, 0.4) is 0 Å². The van der Waals surface area contributed by atoms with Crippen molar-refractivity contribution in [2.75, 3.05) is 32.5 Å². The van der Waals surface area contributed by atoms with Gasteiger partial charge >= 0.3 is 5.97 Å². The first-order chi connectivity index (χ1) is 9.65. The van der Waals surface area contributed by atoms with Crippen molar-refractivity contribution in [1.29, 1.82) is 0 Å². The van der Waals surface area contributed by atoms with Crippen molar-refractivity contribution in [3.05, 3.63) is 29.3 Å². The molecule has 5 heteroatoms. The summed E-state index contributed by atoms with van der Waals surface area (Å²) in [6.45, 7) is 2.81. The Labute approximate surface area is 119 Å². The summed E-state index contributed by atoms with van der Waals surface area (Å²) in [4.78, 5) is 14.1. The zero-order valence-corrected chi connectivity index (χ0v) is 11.8. The fourth-order valence-corrected chi connectivity index (χ4v) is 2.67. The van der Waals surface area contributed by atoms with Gasteiger partial charge < -0.3 is 15.6 Å². The minimum Gasteiger partial charge on any atom is -0.465 e. The molecule has 0 aliphatic carbocycles. The number of carbonyl (C=O) groups is 1. The number of aliphatic hydroxyl groups is 1. The van der Waals surface area contributed by atoms with Gasteiger partial charge in [0.2, 0.25) is 0 Å². The van der Waals surface area contributed by atoms with Crippen molar-refractivity contribution in [3.8, 4) is 0 Å². The van der Waals surface area contributed by atoms with E-state index in [4.69, 9.17) is 15.6 Å². The number of ether oxygens (including phenoxy) is 1. The Morgan fingerprint density at radius 1 is 1.45 bits per heavy atom. The number of anilines is 1. The Hall–Kier alpha value is -1.59. The smallest absolute Gasteiger partial charge is 0.340 e. The molecule has 0 aromatic heterocycles. The van der Waals surface area contributed by atoms with E-state index in [0.717, 1.165) is 31.5 Å². The number of benzene rings is 1. The molecule has 0 amide bonds. The van der Waals surface area contributed by atoms with Crippen LogP contribution >= 0.6 is 0 Å². The average molecular weight is 278 g/mol. The number of methoxy groups -OCH3 is 1. The lowest BCUT2D eigenvalue weighted by Crippen LogP contribution is -2.34. The number of piperidine rings is 1. The maximum atomic E-state index is 11.8. The molecule has 0 saturated carbocycles. The van der Waals surface area contributed by atoms with Gasteiger partial charge in [0.05, 0.1) is 12.7 Å². The number of likely N-dealkylation sites (tertiary alicyclic amines) is 1. The highest BCUT2D eigenvalue weighted by Gasteiger charge is 2.21. The highest BCUT2D eigenvalue weighted by atomic mass is 16.5. The van der Waals surface area contributed by atoms with Gasteiger partial charge in [-0.1, -0.05) is 12.1 Å². The van der Waals surface area contributed by atoms with Gasteiger partial charge in [-0.05, 0) is 43.5 Å². The third kappa shape index (κ3) is 3.29. The van der Waals surface area contributed by atoms with Crippen molar-refractivity contribution >= 4 is 11.7 Å². The molecule has 0 unspecified atom stereocenters. The molecule has 110 valence electrons. The zero-order chi connectivity index (χ0) is 14.5. The van der Waals surface area contributed by atoms with Crippen LogP contribution in [0.4, 0.5) is 5.69 Å². The second-order valence-electron chi connectivity index (χ2n) is 5.28. The van der Waals surface area contributed by atoms with E-state index in [-0.39, 0.29) is 12.6 Å². The first-order valence-corrected chi connectivity index (χ1v) is 6.94. The second kappa shape index (κ2) is 6.72. The predicted octanol–water partition coefficient (Wildman–Crippen LogP) is 1.26. The van der Waals surface area contributed by atoms with Crippen LogP contribution in [0.2, 0.25) is 0 Å². The molecule has 20 heavy (non-hydrogen) atoms. The Morgan fingerprint density at radius 2 is 2.15 bits per heavy atom. The van der Waals surface area contributed by atoms with Gasteiger partial charge in [-0.2, -0.15) is 0 Å². The van der Waals surface area contributed by atoms with E-state index < -0.39 is 0 Å². The van der Waals surface area contributed by atoms with Gasteiger partial charge in [-0.15, -0.1) is 0 Å². The molecular formula is C15H22N2O3. The average Bonchev–Trinajstić information content (AvgIpc) is 2.47. The molecule has 1 aliphatic heterocycles. The molecule has 0 radical (unpaired) electrons. The number of nitrogens with zero attached hydrogens (tertiary/aromatic N) is 1. The molecule has 5 nitrogen and oxygen atoms in total. The van der Waals surface area contributed by atoms with Crippen LogP contribution in [0.5, 0.6) is 0 Å². The Bertz CT molecular complexity index is 468. The molecule has 3 N–H and O–H groups in total. The van der Waals surface area contributed by atoms with Crippen LogP contribution < -0.4 is 5.73 Å². The molecule has 0 bridgehead atoms. The van der Waals surface area contributed by atoms with E-state index in [2.05, 4.69) is 4.90 Å². The summed E-state index contributed by atoms with van der Waals surface area (Å²) in [5.74, 6) is 0.0236. The molecule has 1 aromatic rings. The van der Waals surface area contributed by atoms with Crippen molar-refractivity contribution in [2.45, 2.75) is 19.4 Å². The van der Waals surface area contributed by atoms with Gasteiger partial charge in [-0.25, -0.2) is 4.79 Å². The SMILES string of the molecule is COC(=O)c1c(N)cccc1CN1CCC(CO)CC1. The highest BCUT2D eigenvalue weighted by Crippen LogP contribution is 2.23. The van der Waals surface area contributed by atoms with E-state index in [9.17, 15) is 4.79 Å². The molecule has 1 aromatic carbocycles. The van der Waals surface area contributed by atoms with E-state index >= 15 is 0 Å². The molecular weight excluding hydrogens is 256 g/mol. The first kappa shape index (κ1) is 14.8. The Balaban J connectivity index is 2.10. The van der Waals surface area contributed by atoms with Crippen LogP contribution in [0.15, 0.2) is 18.2 Å². The third-order valence-corrected chi connectivity index (χ3v) is 3.93. The summed E-state index contributed by atoms with van der Waals surface area (Å²) >= 11 is 0. The lowest BCUT2D eigenvalue weighted by molar-refractivity contribution is 0.0598. The summed E-state index contributed by atoms with van der Waals surface area (Å²) < 4.78 is 4.81. The minimum atomic E-state index is -0.386. The number of esters is 1. The quantitative estimate of drug-likeness (QED) is 0.640. The molecule has 1 fully saturated rings. The van der Waals surface area contributed by atoms with Crippen molar-refractivity contribution in [3.63, 3.8) is 0 Å². The van der Waals surface area contributed by atoms with E-state index in [1.165, 1.54) is 7.11 Å². The number of aliphatic hydroxyl groups excluding tert-OH is 1. The number of hydrogen-bond acceptors (Lipinski definition) is 5. The third-order valence-electron chi connectivity index (χ3n) is 3.93. The van der Waals surface area contributed by atoms with E-state index in [0.29, 0.717) is 23.7 Å². The number of hydrogen-bond donors (Lipinski definition) is 2. The highest BCUT2D eigenvalue weighted by molar-refractivity contribution is 5.96. The first-order valence-electron chi connectivity index (χ1n) is 6.94. The molecule has 1 heterocycles. The Kier molecular flexibility index (Phi) is 4.98. The standard InChI is InChI=1S/C15H22N2O3/c1-20-15(19)14-12(3-2-4-13(14)16)9-17-7-5-11(10-18)6-8-17/h2-4,11,18H,5-10,16H2,1H3. The van der Waals surface area contributed by atoms with Gasteiger partial charge in [0.15, 0.2) is 0 Å². The summed E-state index contributed by atoms with van der Waals surface area (Å²) in [6.07, 6.45) is 1.98. The second-order valence-corrected chi connectivity index (χ2v) is 5.28. The Morgan fingerprint density at radius 3 is 2.75 bits per heavy atom.